The van der Waals surface area contributed by atoms with E-state index >= 15 is 0 Å². The summed E-state index contributed by atoms with van der Waals surface area (Å²) in [6, 6.07) is -6.50. The first kappa shape index (κ1) is 2.88. The Bertz CT molecular complexity index is 1090. The van der Waals surface area contributed by atoms with Crippen LogP contribution in [0.2, 0.25) is 0 Å². The van der Waals surface area contributed by atoms with Gasteiger partial charge in [-0.3, -0.25) is 4.79 Å². The van der Waals surface area contributed by atoms with Crippen LogP contribution in [0.25, 0.3) is 0 Å². The maximum atomic E-state index is 13.7. The lowest BCUT2D eigenvalue weighted by Gasteiger charge is -2.44. The van der Waals surface area contributed by atoms with E-state index < -0.39 is 98.1 Å². The number of para-hydroxylation sites is 1. The first-order valence-electron chi connectivity index (χ1n) is 14.8. The van der Waals surface area contributed by atoms with E-state index in [-0.39, 0.29) is 0 Å². The molecule has 18 heavy (non-hydrogen) atoms. The number of carbonyl (C=O) groups is 1. The van der Waals surface area contributed by atoms with Gasteiger partial charge in [0.05, 0.1) is 6.85 Å². The van der Waals surface area contributed by atoms with Crippen molar-refractivity contribution in [2.45, 2.75) is 38.4 Å². The summed E-state index contributed by atoms with van der Waals surface area (Å²) in [6.45, 7) is -14.7. The SMILES string of the molecule is [2H]c1c([2H])c([2H])c(N(C(=O)C([2H])([2H])C([2H])([2H])[2H])C2(C([2H])[2H])C([2H])([2H])C([2H])([2H])NC([2H])([2H])C2([2H])[2H])c([2H])c1[2H]. The Labute approximate surface area is 137 Å². The molecule has 1 aliphatic rings. The third kappa shape index (κ3) is 2.56. The Balaban J connectivity index is 3.38. The zero-order valence-electron chi connectivity index (χ0n) is 28.9. The summed E-state index contributed by atoms with van der Waals surface area (Å²) >= 11 is 0. The summed E-state index contributed by atoms with van der Waals surface area (Å²) < 4.78 is 161. The Hall–Kier alpha value is -1.35. The minimum absolute atomic E-state index is 0.666. The molecule has 0 unspecified atom stereocenters. The molecule has 1 saturated heterocycles. The average Bonchev–Trinajstić information content (AvgIpc) is 2.72. The van der Waals surface area contributed by atoms with Crippen molar-refractivity contribution >= 4 is 11.6 Å². The van der Waals surface area contributed by atoms with Crippen LogP contribution in [0.4, 0.5) is 5.69 Å². The van der Waals surface area contributed by atoms with Crippen LogP contribution in [0.3, 0.4) is 0 Å². The number of benzene rings is 1. The number of nitrogens with one attached hydrogen (secondary N) is 1. The van der Waals surface area contributed by atoms with E-state index in [0.29, 0.717) is 0 Å². The molecule has 0 saturated carbocycles. The van der Waals surface area contributed by atoms with Gasteiger partial charge in [0.2, 0.25) is 5.91 Å². The van der Waals surface area contributed by atoms with E-state index in [1.165, 1.54) is 5.32 Å². The van der Waals surface area contributed by atoms with Crippen LogP contribution in [0.15, 0.2) is 30.2 Å². The van der Waals surface area contributed by atoms with Crippen LogP contribution >= 0.6 is 0 Å². The van der Waals surface area contributed by atoms with Crippen molar-refractivity contribution in [1.82, 2.24) is 5.32 Å². The van der Waals surface area contributed by atoms with Gasteiger partial charge in [-0.1, -0.05) is 25.0 Å². The third-order valence-electron chi connectivity index (χ3n) is 2.00. The number of piperidine rings is 1. The van der Waals surface area contributed by atoms with Gasteiger partial charge in [0.15, 0.2) is 0 Å². The number of rotatable bonds is 3. The molecular weight excluding hydrogens is 224 g/mol. The number of hydrogen-bond acceptors (Lipinski definition) is 2. The van der Waals surface area contributed by atoms with E-state index in [1.807, 2.05) is 0 Å². The molecule has 1 aliphatic heterocycles. The molecule has 3 heteroatoms. The van der Waals surface area contributed by atoms with Gasteiger partial charge in [0.1, 0.15) is 0 Å². The Morgan fingerprint density at radius 2 is 2.28 bits per heavy atom. The molecule has 1 amide bonds. The molecular formula is C15H22N2O. The summed E-state index contributed by atoms with van der Waals surface area (Å²) in [5.41, 5.74) is -5.80. The average molecular weight is 266 g/mol. The lowest BCUT2D eigenvalue weighted by molar-refractivity contribution is -0.119. The lowest BCUT2D eigenvalue weighted by Crippen LogP contribution is -2.55. The molecule has 1 fully saturated rings. The van der Waals surface area contributed by atoms with Gasteiger partial charge in [-0.05, 0) is 44.7 Å². The summed E-state index contributed by atoms with van der Waals surface area (Å²) in [4.78, 5) is 13.1. The van der Waals surface area contributed by atoms with E-state index in [9.17, 15) is 4.79 Å². The maximum absolute atomic E-state index is 13.7. The molecule has 0 spiro atoms. The minimum atomic E-state index is -4.22. The van der Waals surface area contributed by atoms with Crippen molar-refractivity contribution in [3.8, 4) is 0 Å². The highest BCUT2D eigenvalue weighted by atomic mass is 16.2. The fourth-order valence-corrected chi connectivity index (χ4v) is 1.28. The number of hydrogen-bond donors (Lipinski definition) is 1. The van der Waals surface area contributed by atoms with E-state index in [4.69, 9.17) is 27.4 Å². The molecule has 0 aromatic heterocycles. The molecule has 2 rings (SSSR count). The molecule has 3 nitrogen and oxygen atoms in total. The number of nitrogens with zero attached hydrogens (tertiary/aromatic N) is 1. The highest BCUT2D eigenvalue weighted by Gasteiger charge is 2.36. The van der Waals surface area contributed by atoms with Crippen LogP contribution in [-0.4, -0.2) is 24.4 Å². The fraction of sp³-hybridized carbons (Fsp3) is 0.533. The molecule has 1 heterocycles. The van der Waals surface area contributed by atoms with Gasteiger partial charge in [-0.15, -0.1) is 0 Å². The second kappa shape index (κ2) is 5.53. The molecule has 0 aliphatic carbocycles. The second-order valence-electron chi connectivity index (χ2n) is 3.13. The number of anilines is 1. The predicted molar refractivity (Wildman–Crippen MR) is 74.7 cm³/mol. The standard InChI is InChI=1S/C15H22N2O/c1-3-14(18)17(13-7-5-4-6-8-13)15(2)9-11-16-12-10-15/h4-8,16H,3,9-12H2,1-2H3/i1D3,2D2,3D2,4D,5D,6D,7D,8D,9D2,10D2,11D2,12D2. The van der Waals surface area contributed by atoms with Crippen molar-refractivity contribution in [3.05, 3.63) is 30.2 Å². The third-order valence-corrected chi connectivity index (χ3v) is 2.00. The molecule has 1 aromatic rings. The summed E-state index contributed by atoms with van der Waals surface area (Å²) in [7, 11) is 0. The van der Waals surface area contributed by atoms with Crippen LogP contribution < -0.4 is 10.2 Å². The van der Waals surface area contributed by atoms with Gasteiger partial charge < -0.3 is 10.2 Å². The highest BCUT2D eigenvalue weighted by molar-refractivity contribution is 5.94. The molecule has 1 N–H and O–H groups in total. The van der Waals surface area contributed by atoms with Crippen molar-refractivity contribution in [3.63, 3.8) is 0 Å². The minimum Gasteiger partial charge on any atom is -0.317 e. The molecule has 0 radical (unpaired) electrons. The summed E-state index contributed by atoms with van der Waals surface area (Å²) in [5.74, 6) is -2.53. The predicted octanol–water partition coefficient (Wildman–Crippen LogP) is 2.57. The fourth-order valence-electron chi connectivity index (χ4n) is 1.28. The molecule has 1 aromatic carbocycles. The van der Waals surface area contributed by atoms with E-state index in [0.717, 1.165) is 0 Å². The summed E-state index contributed by atoms with van der Waals surface area (Å²) in [6.07, 6.45) is -12.4. The highest BCUT2D eigenvalue weighted by Crippen LogP contribution is 2.31. The Morgan fingerprint density at radius 3 is 2.89 bits per heavy atom. The number of carbonyl (C=O) groups excluding carboxylic acids is 1. The van der Waals surface area contributed by atoms with Crippen LogP contribution in [-0.2, 0) is 4.79 Å². The quantitative estimate of drug-likeness (QED) is 0.912. The van der Waals surface area contributed by atoms with Crippen molar-refractivity contribution in [2.24, 2.45) is 0 Å². The van der Waals surface area contributed by atoms with Crippen molar-refractivity contribution in [2.75, 3.05) is 17.9 Å². The van der Waals surface area contributed by atoms with Gasteiger partial charge in [-0.2, -0.15) is 0 Å². The van der Waals surface area contributed by atoms with E-state index in [2.05, 4.69) is 0 Å². The first-order chi connectivity index (χ1) is 16.6. The largest absolute Gasteiger partial charge is 0.317 e. The zero-order valence-corrected chi connectivity index (χ0v) is 8.93. The van der Waals surface area contributed by atoms with Gasteiger partial charge in [0, 0.05) is 38.2 Å². The Morgan fingerprint density at radius 1 is 1.56 bits per heavy atom. The van der Waals surface area contributed by atoms with E-state index in [1.54, 1.807) is 0 Å². The molecule has 98 valence electrons. The van der Waals surface area contributed by atoms with Gasteiger partial charge >= 0.3 is 0 Å². The van der Waals surface area contributed by atoms with Crippen LogP contribution in [0, 0.1) is 0 Å². The van der Waals surface area contributed by atoms with Crippen LogP contribution in [0.5, 0.6) is 0 Å². The zero-order chi connectivity index (χ0) is 30.4. The maximum Gasteiger partial charge on any atom is 0.227 e. The van der Waals surface area contributed by atoms with Crippen LogP contribution in [0.1, 0.15) is 60.3 Å². The lowest BCUT2D eigenvalue weighted by atomic mass is 9.87. The van der Waals surface area contributed by atoms with Crippen molar-refractivity contribution < 1.29 is 32.2 Å². The second-order valence-corrected chi connectivity index (χ2v) is 3.13. The first-order valence-corrected chi connectivity index (χ1v) is 4.66. The molecule has 0 bridgehead atoms. The molecule has 0 atom stereocenters. The van der Waals surface area contributed by atoms with Gasteiger partial charge in [0.25, 0.3) is 0 Å². The normalized spacial score (nSPS) is 47.4. The number of amides is 1. The van der Waals surface area contributed by atoms with Gasteiger partial charge in [-0.25, -0.2) is 0 Å². The topological polar surface area (TPSA) is 32.3 Å². The summed E-state index contributed by atoms with van der Waals surface area (Å²) in [5, 5.41) is 1.41. The monoisotopic (exact) mass is 266 g/mol. The Kier molecular flexibility index (Phi) is 0.883. The van der Waals surface area contributed by atoms with Crippen molar-refractivity contribution in [1.29, 1.82) is 0 Å². The smallest absolute Gasteiger partial charge is 0.227 e.